The van der Waals surface area contributed by atoms with E-state index >= 15 is 0 Å². The van der Waals surface area contributed by atoms with Gasteiger partial charge in [-0.25, -0.2) is 0 Å². The van der Waals surface area contributed by atoms with Crippen LogP contribution in [0.25, 0.3) is 0 Å². The summed E-state index contributed by atoms with van der Waals surface area (Å²) in [5.74, 6) is -3.86. The molecule has 51 heavy (non-hydrogen) atoms. The third-order valence-electron chi connectivity index (χ3n) is 9.68. The number of Topliss-reactive ketones (excluding diaryl/α,β-unsaturated/α-hetero) is 1. The van der Waals surface area contributed by atoms with Gasteiger partial charge in [0, 0.05) is 79.8 Å². The molecule has 0 spiro atoms. The Bertz CT molecular complexity index is 1820. The lowest BCUT2D eigenvalue weighted by Gasteiger charge is -2.43. The molecular weight excluding hydrogens is 689 g/mol. The van der Waals surface area contributed by atoms with Crippen LogP contribution in [0.3, 0.4) is 0 Å². The van der Waals surface area contributed by atoms with Crippen LogP contribution in [0, 0.1) is 0 Å². The van der Waals surface area contributed by atoms with Crippen molar-refractivity contribution < 1.29 is 63.6 Å². The molecule has 0 bridgehead atoms. The zero-order valence-electron chi connectivity index (χ0n) is 28.1. The van der Waals surface area contributed by atoms with E-state index in [9.17, 15) is 54.2 Å². The number of aromatic hydroxyl groups is 2. The first-order valence-electron chi connectivity index (χ1n) is 16.5. The molecule has 0 saturated carbocycles. The van der Waals surface area contributed by atoms with Crippen molar-refractivity contribution in [3.8, 4) is 11.5 Å². The van der Waals surface area contributed by atoms with Gasteiger partial charge < -0.3 is 51.0 Å². The quantitative estimate of drug-likeness (QED) is 0.0704. The Morgan fingerprint density at radius 3 is 2.29 bits per heavy atom. The Kier molecular flexibility index (Phi) is 11.3. The van der Waals surface area contributed by atoms with Gasteiger partial charge in [-0.1, -0.05) is 24.3 Å². The number of aliphatic hydroxyl groups excluding tert-OH is 2. The first kappa shape index (κ1) is 38.4. The van der Waals surface area contributed by atoms with Crippen LogP contribution in [0.4, 0.5) is 0 Å². The maximum absolute atomic E-state index is 13.6. The molecule has 1 heterocycles. The maximum atomic E-state index is 13.6. The highest BCUT2D eigenvalue weighted by molar-refractivity contribution is 7.58. The van der Waals surface area contributed by atoms with Crippen molar-refractivity contribution in [2.24, 2.45) is 10.7 Å². The summed E-state index contributed by atoms with van der Waals surface area (Å²) in [6.07, 6.45) is -6.60. The van der Waals surface area contributed by atoms with E-state index in [1.165, 1.54) is 25.2 Å². The molecule has 2 aromatic rings. The summed E-state index contributed by atoms with van der Waals surface area (Å²) < 4.78 is 24.5. The summed E-state index contributed by atoms with van der Waals surface area (Å²) in [5, 5.41) is 58.4. The molecule has 17 heteroatoms. The normalized spacial score (nSPS) is 27.2. The zero-order chi connectivity index (χ0) is 37.4. The van der Waals surface area contributed by atoms with Gasteiger partial charge in [-0.05, 0) is 6.92 Å². The number of aliphatic hydroxyl groups is 3. The molecule has 1 amide bonds. The number of phenols is 2. The number of nitrogens with one attached hydrogen (secondary N) is 1. The molecule has 5 rings (SSSR count). The number of fused-ring (bicyclic) bond motifs is 3. The molecule has 9 N–H and O–H groups in total. The minimum atomic E-state index is -3.82. The second-order valence-corrected chi connectivity index (χ2v) is 15.8. The minimum Gasteiger partial charge on any atom is -0.507 e. The Morgan fingerprint density at radius 2 is 1.71 bits per heavy atom. The first-order valence-corrected chi connectivity index (χ1v) is 18.5. The smallest absolute Gasteiger partial charge is 0.220 e. The zero-order valence-corrected chi connectivity index (χ0v) is 29.0. The molecule has 1 fully saturated rings. The summed E-state index contributed by atoms with van der Waals surface area (Å²) in [6.45, 7) is 0.0813. The van der Waals surface area contributed by atoms with E-state index in [4.69, 9.17) is 15.2 Å². The summed E-state index contributed by atoms with van der Waals surface area (Å²) in [4.78, 5) is 65.8. The molecular formula is C34H42N3O13P. The number of benzene rings is 2. The fourth-order valence-electron chi connectivity index (χ4n) is 6.79. The molecule has 276 valence electrons. The number of nitrogens with zero attached hydrogens (tertiary/aromatic N) is 1. The van der Waals surface area contributed by atoms with E-state index < -0.39 is 122 Å². The number of hydrogen-bond acceptors (Lipinski definition) is 14. The molecule has 3 aliphatic rings. The van der Waals surface area contributed by atoms with Crippen LogP contribution >= 0.6 is 7.37 Å². The lowest BCUT2D eigenvalue weighted by atomic mass is 9.71. The van der Waals surface area contributed by atoms with Crippen LogP contribution in [0.1, 0.15) is 81.7 Å². The third kappa shape index (κ3) is 7.69. The fraction of sp³-hybridized carbons (Fsp3) is 0.500. The molecule has 1 aliphatic heterocycles. The van der Waals surface area contributed by atoms with Gasteiger partial charge in [-0.15, -0.1) is 0 Å². The predicted molar refractivity (Wildman–Crippen MR) is 180 cm³/mol. The second-order valence-electron chi connectivity index (χ2n) is 13.2. The van der Waals surface area contributed by atoms with Gasteiger partial charge in [-0.3, -0.25) is 28.7 Å². The van der Waals surface area contributed by atoms with E-state index in [-0.39, 0.29) is 53.4 Å². The number of carbonyl (C=O) groups is 4. The number of rotatable bonds is 12. The van der Waals surface area contributed by atoms with Crippen molar-refractivity contribution >= 4 is 36.3 Å². The van der Waals surface area contributed by atoms with Crippen molar-refractivity contribution in [1.82, 2.24) is 5.32 Å². The van der Waals surface area contributed by atoms with Gasteiger partial charge in [0.2, 0.25) is 13.3 Å². The highest BCUT2D eigenvalue weighted by Gasteiger charge is 2.49. The lowest BCUT2D eigenvalue weighted by molar-refractivity contribution is -0.245. The van der Waals surface area contributed by atoms with Crippen molar-refractivity contribution in [3.05, 3.63) is 57.6 Å². The Balaban J connectivity index is 1.50. The molecule has 16 nitrogen and oxygen atoms in total. The predicted octanol–water partition coefficient (Wildman–Crippen LogP) is 0.230. The fourth-order valence-corrected chi connectivity index (χ4v) is 8.17. The third-order valence-corrected chi connectivity index (χ3v) is 11.5. The van der Waals surface area contributed by atoms with Gasteiger partial charge >= 0.3 is 0 Å². The largest absolute Gasteiger partial charge is 0.507 e. The van der Waals surface area contributed by atoms with E-state index in [1.54, 1.807) is 13.0 Å². The van der Waals surface area contributed by atoms with Crippen molar-refractivity contribution in [2.45, 2.75) is 75.3 Å². The van der Waals surface area contributed by atoms with Gasteiger partial charge in [0.1, 0.15) is 17.1 Å². The maximum Gasteiger partial charge on any atom is 0.220 e. The summed E-state index contributed by atoms with van der Waals surface area (Å²) in [6, 6.07) is 5.13. The van der Waals surface area contributed by atoms with Crippen molar-refractivity contribution in [3.63, 3.8) is 0 Å². The molecule has 2 aromatic carbocycles. The number of ketones is 3. The molecule has 7 atom stereocenters. The highest BCUT2D eigenvalue weighted by atomic mass is 31.2. The van der Waals surface area contributed by atoms with E-state index in [1.807, 2.05) is 0 Å². The van der Waals surface area contributed by atoms with E-state index in [2.05, 4.69) is 10.3 Å². The number of hydrogen-bond donors (Lipinski definition) is 8. The van der Waals surface area contributed by atoms with Gasteiger partial charge in [0.15, 0.2) is 23.6 Å². The first-order chi connectivity index (χ1) is 24.0. The highest BCUT2D eigenvalue weighted by Crippen LogP contribution is 2.52. The van der Waals surface area contributed by atoms with Gasteiger partial charge in [0.05, 0.1) is 48.3 Å². The molecule has 1 saturated heterocycles. The van der Waals surface area contributed by atoms with Crippen LogP contribution in [-0.2, 0) is 30.0 Å². The monoisotopic (exact) mass is 731 g/mol. The van der Waals surface area contributed by atoms with Gasteiger partial charge in [-0.2, -0.15) is 0 Å². The van der Waals surface area contributed by atoms with E-state index in [0.29, 0.717) is 0 Å². The number of amides is 1. The average Bonchev–Trinajstić information content (AvgIpc) is 3.09. The lowest BCUT2D eigenvalue weighted by Crippen LogP contribution is -2.53. The topological polar surface area (TPSA) is 276 Å². The molecule has 0 aromatic heterocycles. The summed E-state index contributed by atoms with van der Waals surface area (Å²) >= 11 is 0. The van der Waals surface area contributed by atoms with Crippen LogP contribution in [0.5, 0.6) is 11.5 Å². The summed E-state index contributed by atoms with van der Waals surface area (Å²) in [5.41, 5.74) is 2.41. The summed E-state index contributed by atoms with van der Waals surface area (Å²) in [7, 11) is -2.43. The van der Waals surface area contributed by atoms with Crippen molar-refractivity contribution in [1.29, 1.82) is 0 Å². The Hall–Kier alpha value is -3.86. The number of phenolic OH excluding ortho intramolecular Hbond substituents is 2. The van der Waals surface area contributed by atoms with Gasteiger partial charge in [0.25, 0.3) is 0 Å². The Labute approximate surface area is 292 Å². The number of ether oxygens (including phenoxy) is 2. The minimum absolute atomic E-state index is 0.00200. The van der Waals surface area contributed by atoms with Crippen LogP contribution in [-0.4, -0.2) is 122 Å². The Morgan fingerprint density at radius 1 is 1.10 bits per heavy atom. The number of carbonyl (C=O) groups excluding carboxylic acids is 4. The molecule has 2 unspecified atom stereocenters. The molecule has 2 aliphatic carbocycles. The number of nitrogens with two attached hydrogens (primary N) is 1. The second kappa shape index (κ2) is 15.0. The number of aliphatic imine (C=N–C) groups is 1. The van der Waals surface area contributed by atoms with E-state index in [0.717, 1.165) is 0 Å². The average molecular weight is 732 g/mol. The molecule has 0 radical (unpaired) electrons. The van der Waals surface area contributed by atoms with Crippen LogP contribution < -0.4 is 11.1 Å². The van der Waals surface area contributed by atoms with Crippen LogP contribution in [0.2, 0.25) is 0 Å². The van der Waals surface area contributed by atoms with Crippen LogP contribution in [0.15, 0.2) is 29.3 Å². The SMILES string of the molecule is CNC(=O)CCP(=O)(O)CCC(=O)CN=C(CO)[C@]1(O)Cc2c(O)c3c(c(O)c2[C@@H](OC2C[C@H](N)[C@H](O)[C@H](C)O2)C1)C(=O)c1ccccc1C3=O. The van der Waals surface area contributed by atoms with Crippen molar-refractivity contribution in [2.75, 3.05) is 32.5 Å². The standard InChI is InChI=1S/C34H42N3O13P/c1-16-29(41)21(35)11-25(49-16)50-22-13-34(46,23(15-38)37-14-17(39)7-9-51(47,48)10-8-24(40)36-2)12-20-26(22)33(45)28-27(32(20)44)30(42)18-5-3-4-6-19(18)31(28)43/h3-6,16,21-22,25,29,38,41,44-46H,7-15,35H2,1-2H3,(H,36,40)(H,47,48)/t16-,21-,22-,25?,29+,34-/m0/s1.